The van der Waals surface area contributed by atoms with Crippen molar-refractivity contribution in [3.05, 3.63) is 24.3 Å². The van der Waals surface area contributed by atoms with E-state index in [2.05, 4.69) is 10.1 Å². The summed E-state index contributed by atoms with van der Waals surface area (Å²) in [6, 6.07) is 4.63. The average Bonchev–Trinajstić information content (AvgIpc) is 2.63. The lowest BCUT2D eigenvalue weighted by atomic mass is 10.1. The zero-order valence-electron chi connectivity index (χ0n) is 17.2. The lowest BCUT2D eigenvalue weighted by Gasteiger charge is -2.37. The molecule has 1 saturated heterocycles. The molecule has 0 saturated carbocycles. The van der Waals surface area contributed by atoms with Gasteiger partial charge in [-0.1, -0.05) is 13.0 Å². The Labute approximate surface area is 154 Å². The molecule has 1 atom stereocenters. The van der Waals surface area contributed by atoms with E-state index in [1.54, 1.807) is 13.0 Å². The first-order valence-electron chi connectivity index (χ1n) is 9.61. The summed E-state index contributed by atoms with van der Waals surface area (Å²) >= 11 is 0. The standard InChI is InChI=1S/C17H22F3N3O3/c1-3-15(21-12(2)24)16(25)23-9-7-22(8-10-23)13-5-4-6-14(11-13)26-17(18,19)20/h4-6,11,15H,3,7-10H2,1-2H3,(H,21,24)/t15-/m0/s1/i2D3. The summed E-state index contributed by atoms with van der Waals surface area (Å²) in [6.45, 7) is 0.114. The summed E-state index contributed by atoms with van der Waals surface area (Å²) in [5, 5.41) is 2.25. The van der Waals surface area contributed by atoms with Gasteiger partial charge in [-0.15, -0.1) is 13.2 Å². The van der Waals surface area contributed by atoms with Crippen molar-refractivity contribution < 1.29 is 31.6 Å². The normalized spacial score (nSPS) is 18.4. The van der Waals surface area contributed by atoms with Crippen LogP contribution in [-0.4, -0.2) is 55.3 Å². The van der Waals surface area contributed by atoms with Crippen molar-refractivity contribution in [1.82, 2.24) is 10.2 Å². The van der Waals surface area contributed by atoms with Gasteiger partial charge in [-0.3, -0.25) is 9.59 Å². The molecule has 6 nitrogen and oxygen atoms in total. The van der Waals surface area contributed by atoms with Crippen molar-refractivity contribution >= 4 is 17.5 Å². The maximum absolute atomic E-state index is 12.6. The van der Waals surface area contributed by atoms with E-state index in [-0.39, 0.29) is 31.2 Å². The minimum absolute atomic E-state index is 0.234. The van der Waals surface area contributed by atoms with Crippen LogP contribution in [0.1, 0.15) is 24.3 Å². The van der Waals surface area contributed by atoms with Gasteiger partial charge in [0.15, 0.2) is 0 Å². The Morgan fingerprint density at radius 3 is 2.58 bits per heavy atom. The monoisotopic (exact) mass is 376 g/mol. The fourth-order valence-electron chi connectivity index (χ4n) is 2.78. The second kappa shape index (κ2) is 8.29. The van der Waals surface area contributed by atoms with Crippen LogP contribution in [0.3, 0.4) is 0 Å². The largest absolute Gasteiger partial charge is 0.573 e. The number of alkyl halides is 3. The lowest BCUT2D eigenvalue weighted by Crippen LogP contribution is -2.54. The third-order valence-corrected chi connectivity index (χ3v) is 4.02. The van der Waals surface area contributed by atoms with Crippen LogP contribution in [0.4, 0.5) is 18.9 Å². The second-order valence-corrected chi connectivity index (χ2v) is 5.79. The number of hydrogen-bond acceptors (Lipinski definition) is 4. The number of nitrogens with one attached hydrogen (secondary N) is 1. The van der Waals surface area contributed by atoms with Crippen LogP contribution in [0.25, 0.3) is 0 Å². The van der Waals surface area contributed by atoms with Gasteiger partial charge in [0, 0.05) is 48.9 Å². The van der Waals surface area contributed by atoms with Gasteiger partial charge in [0.05, 0.1) is 0 Å². The second-order valence-electron chi connectivity index (χ2n) is 5.79. The van der Waals surface area contributed by atoms with E-state index in [4.69, 9.17) is 4.11 Å². The van der Waals surface area contributed by atoms with Crippen LogP contribution in [0.5, 0.6) is 5.75 Å². The quantitative estimate of drug-likeness (QED) is 0.856. The molecule has 1 heterocycles. The van der Waals surface area contributed by atoms with Crippen molar-refractivity contribution in [3.8, 4) is 5.75 Å². The number of ether oxygens (including phenoxy) is 1. The number of anilines is 1. The molecular formula is C17H22F3N3O3. The Bertz CT molecular complexity index is 736. The molecule has 1 aliphatic rings. The Morgan fingerprint density at radius 2 is 2.00 bits per heavy atom. The van der Waals surface area contributed by atoms with Crippen LogP contribution < -0.4 is 15.0 Å². The molecule has 0 aromatic heterocycles. The van der Waals surface area contributed by atoms with E-state index in [0.29, 0.717) is 18.8 Å². The fourth-order valence-corrected chi connectivity index (χ4v) is 2.78. The summed E-state index contributed by atoms with van der Waals surface area (Å²) in [4.78, 5) is 27.6. The van der Waals surface area contributed by atoms with Crippen LogP contribution >= 0.6 is 0 Å². The van der Waals surface area contributed by atoms with Gasteiger partial charge >= 0.3 is 6.36 Å². The smallest absolute Gasteiger partial charge is 0.406 e. The maximum atomic E-state index is 12.6. The van der Waals surface area contributed by atoms with E-state index in [1.807, 2.05) is 4.90 Å². The highest BCUT2D eigenvalue weighted by molar-refractivity contribution is 5.87. The third-order valence-electron chi connectivity index (χ3n) is 4.02. The zero-order chi connectivity index (χ0) is 21.8. The Balaban J connectivity index is 1.97. The fraction of sp³-hybridized carbons (Fsp3) is 0.529. The molecule has 0 radical (unpaired) electrons. The van der Waals surface area contributed by atoms with E-state index in [9.17, 15) is 22.8 Å². The van der Waals surface area contributed by atoms with Gasteiger partial charge in [0.25, 0.3) is 0 Å². The maximum Gasteiger partial charge on any atom is 0.573 e. The molecule has 2 rings (SSSR count). The number of carbonyl (C=O) groups is 2. The predicted octanol–water partition coefficient (Wildman–Crippen LogP) is 2.15. The Hall–Kier alpha value is -2.45. The molecule has 1 aliphatic heterocycles. The van der Waals surface area contributed by atoms with E-state index in [0.717, 1.165) is 0 Å². The van der Waals surface area contributed by atoms with Crippen LogP contribution in [0.15, 0.2) is 24.3 Å². The highest BCUT2D eigenvalue weighted by Crippen LogP contribution is 2.27. The van der Waals surface area contributed by atoms with Crippen molar-refractivity contribution in [1.29, 1.82) is 0 Å². The molecule has 0 spiro atoms. The molecule has 2 amide bonds. The minimum atomic E-state index is -4.78. The van der Waals surface area contributed by atoms with Crippen molar-refractivity contribution in [3.63, 3.8) is 0 Å². The summed E-state index contributed by atoms with van der Waals surface area (Å²) in [6.07, 6.45) is -4.55. The molecule has 9 heteroatoms. The molecule has 1 fully saturated rings. The SMILES string of the molecule is [2H]C([2H])([2H])C(=O)N[C@@H](CC)C(=O)N1CCN(c2cccc(OC(F)(F)F)c2)CC1. The number of piperazine rings is 1. The number of nitrogens with zero attached hydrogens (tertiary/aromatic N) is 2. The average molecular weight is 376 g/mol. The van der Waals surface area contributed by atoms with Crippen molar-refractivity contribution in [2.75, 3.05) is 31.1 Å². The number of amides is 2. The van der Waals surface area contributed by atoms with Crippen LogP contribution in [0.2, 0.25) is 0 Å². The third kappa shape index (κ3) is 5.53. The summed E-state index contributed by atoms with van der Waals surface area (Å²) in [5.41, 5.74) is 0.529. The summed E-state index contributed by atoms with van der Waals surface area (Å²) in [5.74, 6) is -1.90. The zero-order valence-corrected chi connectivity index (χ0v) is 14.2. The van der Waals surface area contributed by atoms with E-state index in [1.165, 1.54) is 23.1 Å². The molecule has 1 aromatic carbocycles. The molecular weight excluding hydrogens is 351 g/mol. The van der Waals surface area contributed by atoms with Crippen LogP contribution in [-0.2, 0) is 9.59 Å². The first kappa shape index (κ1) is 15.8. The van der Waals surface area contributed by atoms with Gasteiger partial charge in [0.2, 0.25) is 11.8 Å². The number of benzene rings is 1. The minimum Gasteiger partial charge on any atom is -0.406 e. The van der Waals surface area contributed by atoms with Crippen molar-refractivity contribution in [2.45, 2.75) is 32.6 Å². The molecule has 1 N–H and O–H groups in total. The highest BCUT2D eigenvalue weighted by atomic mass is 19.4. The van der Waals surface area contributed by atoms with E-state index >= 15 is 0 Å². The lowest BCUT2D eigenvalue weighted by molar-refractivity contribution is -0.274. The topological polar surface area (TPSA) is 61.9 Å². The van der Waals surface area contributed by atoms with Gasteiger partial charge in [-0.2, -0.15) is 0 Å². The van der Waals surface area contributed by atoms with Gasteiger partial charge < -0.3 is 19.9 Å². The molecule has 144 valence electrons. The first-order valence-corrected chi connectivity index (χ1v) is 8.11. The van der Waals surface area contributed by atoms with Gasteiger partial charge in [0.1, 0.15) is 11.8 Å². The molecule has 26 heavy (non-hydrogen) atoms. The van der Waals surface area contributed by atoms with Crippen molar-refractivity contribution in [2.24, 2.45) is 0 Å². The molecule has 0 aliphatic carbocycles. The van der Waals surface area contributed by atoms with Gasteiger partial charge in [-0.05, 0) is 18.6 Å². The van der Waals surface area contributed by atoms with Crippen LogP contribution in [0, 0.1) is 0 Å². The summed E-state index contributed by atoms with van der Waals surface area (Å²) < 4.78 is 62.4. The highest BCUT2D eigenvalue weighted by Gasteiger charge is 2.31. The summed E-state index contributed by atoms with van der Waals surface area (Å²) in [7, 11) is 0. The first-order chi connectivity index (χ1) is 13.4. The Morgan fingerprint density at radius 1 is 1.31 bits per heavy atom. The number of hydrogen-bond donors (Lipinski definition) is 1. The predicted molar refractivity (Wildman–Crippen MR) is 89.8 cm³/mol. The number of rotatable bonds is 5. The van der Waals surface area contributed by atoms with E-state index < -0.39 is 25.2 Å². The van der Waals surface area contributed by atoms with Gasteiger partial charge in [-0.25, -0.2) is 0 Å². The number of halogens is 3. The number of carbonyl (C=O) groups excluding carboxylic acids is 2. The molecule has 0 unspecified atom stereocenters. The molecule has 1 aromatic rings. The Kier molecular flexibility index (Phi) is 5.03. The molecule has 0 bridgehead atoms.